The highest BCUT2D eigenvalue weighted by molar-refractivity contribution is 5.77. The number of fused-ring (bicyclic) bond motifs is 1. The summed E-state index contributed by atoms with van der Waals surface area (Å²) in [5.74, 6) is 1.30. The minimum Gasteiger partial charge on any atom is -0.497 e. The topological polar surface area (TPSA) is 67.6 Å². The van der Waals surface area contributed by atoms with Crippen LogP contribution in [0.5, 0.6) is 5.75 Å². The van der Waals surface area contributed by atoms with Crippen molar-refractivity contribution in [3.63, 3.8) is 0 Å². The molecule has 2 aromatic rings. The van der Waals surface area contributed by atoms with E-state index in [4.69, 9.17) is 9.15 Å². The highest BCUT2D eigenvalue weighted by atomic mass is 16.5. The molecule has 1 aromatic carbocycles. The minimum absolute atomic E-state index is 0.0325. The SMILES string of the molecule is COc1ccc2oc(N3CCCC(CC(=O)NC4(C)CCC4)C3)nc2c1. The highest BCUT2D eigenvalue weighted by Gasteiger charge is 2.34. The summed E-state index contributed by atoms with van der Waals surface area (Å²) in [6, 6.07) is 6.29. The number of anilines is 1. The van der Waals surface area contributed by atoms with Crippen LogP contribution in [-0.4, -0.2) is 36.6 Å². The summed E-state index contributed by atoms with van der Waals surface area (Å²) in [6.45, 7) is 3.88. The van der Waals surface area contributed by atoms with Crippen molar-refractivity contribution in [3.8, 4) is 5.75 Å². The molecule has 140 valence electrons. The van der Waals surface area contributed by atoms with E-state index in [-0.39, 0.29) is 11.4 Å². The Labute approximate surface area is 153 Å². The molecule has 2 heterocycles. The smallest absolute Gasteiger partial charge is 0.298 e. The number of ether oxygens (including phenoxy) is 1. The molecule has 1 atom stereocenters. The average Bonchev–Trinajstić information content (AvgIpc) is 3.03. The second kappa shape index (κ2) is 6.82. The molecule has 1 aromatic heterocycles. The van der Waals surface area contributed by atoms with E-state index in [2.05, 4.69) is 22.1 Å². The molecule has 2 aliphatic rings. The number of piperidine rings is 1. The molecule has 0 radical (unpaired) electrons. The first kappa shape index (κ1) is 17.2. The zero-order valence-electron chi connectivity index (χ0n) is 15.6. The maximum atomic E-state index is 12.4. The van der Waals surface area contributed by atoms with Crippen LogP contribution in [0.1, 0.15) is 45.4 Å². The van der Waals surface area contributed by atoms with Crippen molar-refractivity contribution in [2.45, 2.75) is 51.0 Å². The lowest BCUT2D eigenvalue weighted by molar-refractivity contribution is -0.124. The summed E-state index contributed by atoms with van der Waals surface area (Å²) < 4.78 is 11.2. The Kier molecular flexibility index (Phi) is 4.51. The van der Waals surface area contributed by atoms with Gasteiger partial charge in [0.1, 0.15) is 11.3 Å². The van der Waals surface area contributed by atoms with Crippen LogP contribution in [-0.2, 0) is 4.79 Å². The Bertz CT molecular complexity index is 797. The molecule has 2 fully saturated rings. The number of hydrogen-bond acceptors (Lipinski definition) is 5. The third-order valence-electron chi connectivity index (χ3n) is 5.75. The van der Waals surface area contributed by atoms with Gasteiger partial charge in [0, 0.05) is 31.1 Å². The molecular formula is C20H27N3O3. The van der Waals surface area contributed by atoms with Gasteiger partial charge < -0.3 is 19.4 Å². The van der Waals surface area contributed by atoms with Gasteiger partial charge in [-0.3, -0.25) is 4.79 Å². The molecule has 1 N–H and O–H groups in total. The molecular weight excluding hydrogens is 330 g/mol. The predicted octanol–water partition coefficient (Wildman–Crippen LogP) is 3.50. The van der Waals surface area contributed by atoms with Gasteiger partial charge in [-0.15, -0.1) is 0 Å². The summed E-state index contributed by atoms with van der Waals surface area (Å²) in [6.07, 6.45) is 6.13. The van der Waals surface area contributed by atoms with Crippen molar-refractivity contribution >= 4 is 23.0 Å². The van der Waals surface area contributed by atoms with Gasteiger partial charge in [0.05, 0.1) is 7.11 Å². The number of carbonyl (C=O) groups excluding carboxylic acids is 1. The van der Waals surface area contributed by atoms with Crippen LogP contribution < -0.4 is 15.0 Å². The molecule has 1 aliphatic carbocycles. The van der Waals surface area contributed by atoms with E-state index in [1.54, 1.807) is 7.11 Å². The number of hydrogen-bond donors (Lipinski definition) is 1. The lowest BCUT2D eigenvalue weighted by Crippen LogP contribution is -2.51. The Morgan fingerprint density at radius 3 is 3.00 bits per heavy atom. The van der Waals surface area contributed by atoms with Crippen molar-refractivity contribution in [2.75, 3.05) is 25.1 Å². The van der Waals surface area contributed by atoms with E-state index in [0.29, 0.717) is 18.4 Å². The van der Waals surface area contributed by atoms with Crippen LogP contribution in [0.3, 0.4) is 0 Å². The number of rotatable bonds is 5. The first-order chi connectivity index (χ1) is 12.5. The first-order valence-corrected chi connectivity index (χ1v) is 9.55. The van der Waals surface area contributed by atoms with Crippen molar-refractivity contribution in [1.29, 1.82) is 0 Å². The number of benzene rings is 1. The number of nitrogens with one attached hydrogen (secondary N) is 1. The molecule has 1 unspecified atom stereocenters. The van der Waals surface area contributed by atoms with Gasteiger partial charge in [0.25, 0.3) is 6.01 Å². The van der Waals surface area contributed by atoms with Crippen LogP contribution in [0.15, 0.2) is 22.6 Å². The Hall–Kier alpha value is -2.24. The van der Waals surface area contributed by atoms with Crippen molar-refractivity contribution in [3.05, 3.63) is 18.2 Å². The average molecular weight is 357 g/mol. The van der Waals surface area contributed by atoms with Crippen LogP contribution in [0.4, 0.5) is 6.01 Å². The lowest BCUT2D eigenvalue weighted by atomic mass is 9.78. The predicted molar refractivity (Wildman–Crippen MR) is 101 cm³/mol. The summed E-state index contributed by atoms with van der Waals surface area (Å²) in [7, 11) is 1.65. The Morgan fingerprint density at radius 1 is 1.42 bits per heavy atom. The normalized spacial score (nSPS) is 22.1. The molecule has 1 aliphatic heterocycles. The van der Waals surface area contributed by atoms with Gasteiger partial charge in [0.15, 0.2) is 5.58 Å². The number of methoxy groups -OCH3 is 1. The van der Waals surface area contributed by atoms with Crippen LogP contribution in [0.2, 0.25) is 0 Å². The number of nitrogens with zero attached hydrogens (tertiary/aromatic N) is 2. The van der Waals surface area contributed by atoms with E-state index in [1.807, 2.05) is 18.2 Å². The van der Waals surface area contributed by atoms with Gasteiger partial charge in [-0.2, -0.15) is 4.98 Å². The van der Waals surface area contributed by atoms with Gasteiger partial charge in [-0.05, 0) is 57.1 Å². The van der Waals surface area contributed by atoms with E-state index in [9.17, 15) is 4.79 Å². The molecule has 1 amide bonds. The van der Waals surface area contributed by atoms with Gasteiger partial charge >= 0.3 is 0 Å². The molecule has 4 rings (SSSR count). The maximum Gasteiger partial charge on any atom is 0.298 e. The van der Waals surface area contributed by atoms with Crippen molar-refractivity contribution in [2.24, 2.45) is 5.92 Å². The van der Waals surface area contributed by atoms with Gasteiger partial charge in [0.2, 0.25) is 5.91 Å². The summed E-state index contributed by atoms with van der Waals surface area (Å²) in [5.41, 5.74) is 1.60. The van der Waals surface area contributed by atoms with Crippen LogP contribution in [0.25, 0.3) is 11.1 Å². The molecule has 1 saturated carbocycles. The number of aromatic nitrogens is 1. The van der Waals surface area contributed by atoms with E-state index >= 15 is 0 Å². The Balaban J connectivity index is 1.40. The fraction of sp³-hybridized carbons (Fsp3) is 0.600. The molecule has 6 heteroatoms. The second-order valence-electron chi connectivity index (χ2n) is 7.95. The second-order valence-corrected chi connectivity index (χ2v) is 7.95. The quantitative estimate of drug-likeness (QED) is 0.887. The van der Waals surface area contributed by atoms with E-state index < -0.39 is 0 Å². The zero-order valence-corrected chi connectivity index (χ0v) is 15.6. The molecule has 1 saturated heterocycles. The van der Waals surface area contributed by atoms with Gasteiger partial charge in [-0.25, -0.2) is 0 Å². The van der Waals surface area contributed by atoms with E-state index in [0.717, 1.165) is 55.6 Å². The fourth-order valence-electron chi connectivity index (χ4n) is 4.04. The highest BCUT2D eigenvalue weighted by Crippen LogP contribution is 2.32. The van der Waals surface area contributed by atoms with Crippen LogP contribution >= 0.6 is 0 Å². The van der Waals surface area contributed by atoms with Crippen LogP contribution in [0, 0.1) is 5.92 Å². The summed E-state index contributed by atoms with van der Waals surface area (Å²) >= 11 is 0. The zero-order chi connectivity index (χ0) is 18.1. The molecule has 26 heavy (non-hydrogen) atoms. The van der Waals surface area contributed by atoms with Crippen molar-refractivity contribution < 1.29 is 13.9 Å². The summed E-state index contributed by atoms with van der Waals surface area (Å²) in [4.78, 5) is 19.2. The third kappa shape index (κ3) is 3.50. The third-order valence-corrected chi connectivity index (χ3v) is 5.75. The first-order valence-electron chi connectivity index (χ1n) is 9.55. The standard InChI is InChI=1S/C20H27N3O3/c1-20(8-4-9-20)22-18(24)11-14-5-3-10-23(13-14)19-21-16-12-15(25-2)6-7-17(16)26-19/h6-7,12,14H,3-5,8-11,13H2,1-2H3,(H,22,24). The Morgan fingerprint density at radius 2 is 2.27 bits per heavy atom. The largest absolute Gasteiger partial charge is 0.497 e. The number of oxazole rings is 1. The monoisotopic (exact) mass is 357 g/mol. The summed E-state index contributed by atoms with van der Waals surface area (Å²) in [5, 5.41) is 3.22. The number of carbonyl (C=O) groups is 1. The van der Waals surface area contributed by atoms with E-state index in [1.165, 1.54) is 6.42 Å². The molecule has 0 spiro atoms. The minimum atomic E-state index is 0.0325. The number of amides is 1. The van der Waals surface area contributed by atoms with Crippen molar-refractivity contribution in [1.82, 2.24) is 10.3 Å². The lowest BCUT2D eigenvalue weighted by Gasteiger charge is -2.40. The maximum absolute atomic E-state index is 12.4. The molecule has 6 nitrogen and oxygen atoms in total. The van der Waals surface area contributed by atoms with Gasteiger partial charge in [-0.1, -0.05) is 0 Å². The molecule has 0 bridgehead atoms. The fourth-order valence-corrected chi connectivity index (χ4v) is 4.04.